The summed E-state index contributed by atoms with van der Waals surface area (Å²) in [7, 11) is 2.94. The van der Waals surface area contributed by atoms with Gasteiger partial charge in [-0.05, 0) is 24.6 Å². The van der Waals surface area contributed by atoms with Crippen LogP contribution < -0.4 is 26.6 Å². The number of hydrogen-bond acceptors (Lipinski definition) is 7. The molecular formula is C24H29N5O6. The third kappa shape index (κ3) is 5.62. The van der Waals surface area contributed by atoms with E-state index in [4.69, 9.17) is 14.9 Å². The number of H-pyrrole nitrogens is 1. The number of anilines is 2. The predicted octanol–water partition coefficient (Wildman–Crippen LogP) is 1.83. The largest absolute Gasteiger partial charge is 0.496 e. The number of amides is 2. The van der Waals surface area contributed by atoms with Crippen molar-refractivity contribution in [3.8, 4) is 5.75 Å². The standard InChI is InChI=1S/C24H29N5O6/c1-4-5-12-28-21(25)20(22(31)26-24(28)33)29(14-16-9-6-7-10-17(16)34-3)19(30)15-27(2)23(32)18-11-8-13-35-18/h6-11,13H,4-5,12,14-15,25H2,1-3H3,(H,26,31,33). The highest BCUT2D eigenvalue weighted by Crippen LogP contribution is 2.25. The van der Waals surface area contributed by atoms with Crippen LogP contribution in [-0.2, 0) is 17.9 Å². The third-order valence-corrected chi connectivity index (χ3v) is 5.49. The number of aromatic nitrogens is 2. The number of nitrogens with zero attached hydrogens (tertiary/aromatic N) is 3. The number of aromatic amines is 1. The van der Waals surface area contributed by atoms with Crippen molar-refractivity contribution in [3.05, 3.63) is 74.8 Å². The first kappa shape index (κ1) is 25.3. The van der Waals surface area contributed by atoms with Crippen molar-refractivity contribution in [3.63, 3.8) is 0 Å². The van der Waals surface area contributed by atoms with E-state index >= 15 is 0 Å². The molecular weight excluding hydrogens is 454 g/mol. The van der Waals surface area contributed by atoms with Crippen molar-refractivity contribution in [1.82, 2.24) is 14.5 Å². The van der Waals surface area contributed by atoms with Crippen LogP contribution in [0, 0.1) is 0 Å². The van der Waals surface area contributed by atoms with E-state index in [1.54, 1.807) is 30.3 Å². The van der Waals surface area contributed by atoms with E-state index in [-0.39, 0.29) is 36.9 Å². The van der Waals surface area contributed by atoms with Gasteiger partial charge in [0.15, 0.2) is 11.4 Å². The molecule has 1 aromatic carbocycles. The van der Waals surface area contributed by atoms with Crippen molar-refractivity contribution in [2.24, 2.45) is 0 Å². The van der Waals surface area contributed by atoms with E-state index in [9.17, 15) is 19.2 Å². The first-order chi connectivity index (χ1) is 16.8. The number of para-hydroxylation sites is 1. The Labute approximate surface area is 201 Å². The van der Waals surface area contributed by atoms with E-state index in [0.717, 1.165) is 6.42 Å². The van der Waals surface area contributed by atoms with Gasteiger partial charge in [0, 0.05) is 19.2 Å². The minimum atomic E-state index is -0.802. The molecule has 0 radical (unpaired) electrons. The summed E-state index contributed by atoms with van der Waals surface area (Å²) in [5, 5.41) is 0. The van der Waals surface area contributed by atoms with Crippen molar-refractivity contribution in [1.29, 1.82) is 0 Å². The lowest BCUT2D eigenvalue weighted by molar-refractivity contribution is -0.119. The minimum Gasteiger partial charge on any atom is -0.496 e. The molecule has 0 spiro atoms. The summed E-state index contributed by atoms with van der Waals surface area (Å²) in [6.45, 7) is 1.78. The quantitative estimate of drug-likeness (QED) is 0.448. The van der Waals surface area contributed by atoms with Gasteiger partial charge in [-0.15, -0.1) is 0 Å². The fraction of sp³-hybridized carbons (Fsp3) is 0.333. The Bertz CT molecular complexity index is 1290. The molecule has 2 heterocycles. The normalized spacial score (nSPS) is 10.7. The average molecular weight is 484 g/mol. The van der Waals surface area contributed by atoms with Gasteiger partial charge in [0.05, 0.1) is 19.9 Å². The number of carbonyl (C=O) groups is 2. The van der Waals surface area contributed by atoms with E-state index in [0.29, 0.717) is 17.7 Å². The number of nitrogens with one attached hydrogen (secondary N) is 1. The monoisotopic (exact) mass is 483 g/mol. The van der Waals surface area contributed by atoms with Crippen LogP contribution in [0.3, 0.4) is 0 Å². The van der Waals surface area contributed by atoms with Gasteiger partial charge in [-0.2, -0.15) is 0 Å². The first-order valence-electron chi connectivity index (χ1n) is 11.1. The molecule has 186 valence electrons. The SMILES string of the molecule is CCCCn1c(N)c(N(Cc2ccccc2OC)C(=O)CN(C)C(=O)c2ccco2)c(=O)[nH]c1=O. The van der Waals surface area contributed by atoms with Gasteiger partial charge in [-0.3, -0.25) is 28.8 Å². The Morgan fingerprint density at radius 3 is 2.57 bits per heavy atom. The van der Waals surface area contributed by atoms with Crippen molar-refractivity contribution in [2.75, 3.05) is 31.3 Å². The van der Waals surface area contributed by atoms with Crippen LogP contribution >= 0.6 is 0 Å². The highest BCUT2D eigenvalue weighted by Gasteiger charge is 2.28. The maximum absolute atomic E-state index is 13.5. The van der Waals surface area contributed by atoms with Gasteiger partial charge < -0.3 is 19.8 Å². The van der Waals surface area contributed by atoms with Crippen LogP contribution in [0.5, 0.6) is 5.75 Å². The minimum absolute atomic E-state index is 0.0713. The smallest absolute Gasteiger partial charge is 0.330 e. The van der Waals surface area contributed by atoms with Gasteiger partial charge in [-0.25, -0.2) is 4.79 Å². The second kappa shape index (κ2) is 11.2. The topological polar surface area (TPSA) is 144 Å². The molecule has 0 atom stereocenters. The lowest BCUT2D eigenvalue weighted by Crippen LogP contribution is -2.45. The van der Waals surface area contributed by atoms with Gasteiger partial charge in [0.1, 0.15) is 18.1 Å². The maximum atomic E-state index is 13.5. The fourth-order valence-corrected chi connectivity index (χ4v) is 3.62. The van der Waals surface area contributed by atoms with Crippen molar-refractivity contribution >= 4 is 23.3 Å². The van der Waals surface area contributed by atoms with Crippen LogP contribution in [0.15, 0.2) is 56.7 Å². The van der Waals surface area contributed by atoms with E-state index < -0.39 is 23.1 Å². The Morgan fingerprint density at radius 1 is 1.17 bits per heavy atom. The number of nitrogens with two attached hydrogens (primary N) is 1. The molecule has 0 saturated carbocycles. The zero-order valence-electron chi connectivity index (χ0n) is 19.9. The fourth-order valence-electron chi connectivity index (χ4n) is 3.62. The van der Waals surface area contributed by atoms with Crippen molar-refractivity contribution < 1.29 is 18.7 Å². The molecule has 0 aliphatic carbocycles. The summed E-state index contributed by atoms with van der Waals surface area (Å²) in [6.07, 6.45) is 2.80. The molecule has 11 heteroatoms. The van der Waals surface area contributed by atoms with Crippen molar-refractivity contribution in [2.45, 2.75) is 32.9 Å². The Morgan fingerprint density at radius 2 is 1.91 bits per heavy atom. The lowest BCUT2D eigenvalue weighted by Gasteiger charge is -2.27. The molecule has 0 aliphatic rings. The number of furan rings is 1. The second-order valence-electron chi connectivity index (χ2n) is 7.93. The number of methoxy groups -OCH3 is 1. The number of unbranched alkanes of at least 4 members (excludes halogenated alkanes) is 1. The van der Waals surface area contributed by atoms with Gasteiger partial charge in [-0.1, -0.05) is 31.5 Å². The van der Waals surface area contributed by atoms with E-state index in [1.807, 2.05) is 6.92 Å². The van der Waals surface area contributed by atoms with E-state index in [2.05, 4.69) is 4.98 Å². The number of nitrogen functional groups attached to an aromatic ring is 1. The maximum Gasteiger partial charge on any atom is 0.330 e. The number of carbonyl (C=O) groups excluding carboxylic acids is 2. The number of benzene rings is 1. The molecule has 3 aromatic rings. The third-order valence-electron chi connectivity index (χ3n) is 5.49. The highest BCUT2D eigenvalue weighted by atomic mass is 16.5. The molecule has 0 fully saturated rings. The van der Waals surface area contributed by atoms with Crippen LogP contribution in [0.1, 0.15) is 35.9 Å². The summed E-state index contributed by atoms with van der Waals surface area (Å²) in [6, 6.07) is 10.1. The number of rotatable bonds is 10. The van der Waals surface area contributed by atoms with Crippen LogP contribution in [0.4, 0.5) is 11.5 Å². The zero-order valence-corrected chi connectivity index (χ0v) is 19.9. The van der Waals surface area contributed by atoms with Crippen LogP contribution in [0.2, 0.25) is 0 Å². The molecule has 0 aliphatic heterocycles. The Kier molecular flexibility index (Phi) is 8.13. The summed E-state index contributed by atoms with van der Waals surface area (Å²) in [4.78, 5) is 56.0. The van der Waals surface area contributed by atoms with Gasteiger partial charge in [0.2, 0.25) is 5.91 Å². The Hall–Kier alpha value is -4.28. The first-order valence-corrected chi connectivity index (χ1v) is 11.1. The molecule has 35 heavy (non-hydrogen) atoms. The molecule has 3 rings (SSSR count). The lowest BCUT2D eigenvalue weighted by atomic mass is 10.1. The van der Waals surface area contributed by atoms with Crippen LogP contribution in [-0.4, -0.2) is 47.0 Å². The molecule has 2 amide bonds. The summed E-state index contributed by atoms with van der Waals surface area (Å²) >= 11 is 0. The van der Waals surface area contributed by atoms with Gasteiger partial charge in [0.25, 0.3) is 11.5 Å². The molecule has 0 bridgehead atoms. The number of hydrogen-bond donors (Lipinski definition) is 2. The summed E-state index contributed by atoms with van der Waals surface area (Å²) in [5.74, 6) is -0.649. The number of ether oxygens (including phenoxy) is 1. The number of likely N-dealkylation sites (N-methyl/N-ethyl adjacent to an activating group) is 1. The molecule has 0 unspecified atom stereocenters. The summed E-state index contributed by atoms with van der Waals surface area (Å²) < 4.78 is 11.8. The molecule has 0 saturated heterocycles. The average Bonchev–Trinajstić information content (AvgIpc) is 3.37. The highest BCUT2D eigenvalue weighted by molar-refractivity contribution is 6.00. The van der Waals surface area contributed by atoms with Crippen LogP contribution in [0.25, 0.3) is 0 Å². The second-order valence-corrected chi connectivity index (χ2v) is 7.93. The molecule has 2 aromatic heterocycles. The summed E-state index contributed by atoms with van der Waals surface area (Å²) in [5.41, 5.74) is 5.26. The zero-order chi connectivity index (χ0) is 25.5. The van der Waals surface area contributed by atoms with E-state index in [1.165, 1.54) is 40.9 Å². The Balaban J connectivity index is 2.05. The molecule has 3 N–H and O–H groups in total. The molecule has 11 nitrogen and oxygen atoms in total. The van der Waals surface area contributed by atoms with Gasteiger partial charge >= 0.3 is 5.69 Å². The predicted molar refractivity (Wildman–Crippen MR) is 130 cm³/mol.